The fourth-order valence-electron chi connectivity index (χ4n) is 5.91. The first-order valence-corrected chi connectivity index (χ1v) is 11.4. The van der Waals surface area contributed by atoms with Gasteiger partial charge < -0.3 is 14.3 Å². The van der Waals surface area contributed by atoms with Crippen LogP contribution in [0.4, 0.5) is 0 Å². The molecule has 0 aliphatic carbocycles. The lowest BCUT2D eigenvalue weighted by Gasteiger charge is -2.51. The molecule has 4 rings (SSSR count). The molecule has 2 aromatic rings. The monoisotopic (exact) mass is 408 g/mol. The highest BCUT2D eigenvalue weighted by molar-refractivity contribution is 5.85. The maximum atomic E-state index is 13.5. The summed E-state index contributed by atoms with van der Waals surface area (Å²) >= 11 is 0. The van der Waals surface area contributed by atoms with Gasteiger partial charge in [0, 0.05) is 25.7 Å². The molecule has 30 heavy (non-hydrogen) atoms. The fraction of sp³-hybridized carbons (Fsp3) is 0.500. The van der Waals surface area contributed by atoms with Crippen molar-refractivity contribution in [1.29, 1.82) is 0 Å². The summed E-state index contributed by atoms with van der Waals surface area (Å²) in [6, 6.07) is 19.3. The Hall–Kier alpha value is -2.17. The average Bonchev–Trinajstić information content (AvgIpc) is 3.27. The van der Waals surface area contributed by atoms with Gasteiger partial charge in [0.15, 0.2) is 0 Å². The Bertz CT molecular complexity index is 806. The van der Waals surface area contributed by atoms with Crippen LogP contribution in [-0.4, -0.2) is 46.8 Å². The molecule has 0 saturated carbocycles. The van der Waals surface area contributed by atoms with E-state index < -0.39 is 11.6 Å². The molecule has 2 fully saturated rings. The zero-order chi connectivity index (χ0) is 21.2. The van der Waals surface area contributed by atoms with Crippen molar-refractivity contribution < 1.29 is 19.1 Å². The van der Waals surface area contributed by atoms with Crippen molar-refractivity contribution in [3.63, 3.8) is 0 Å². The summed E-state index contributed by atoms with van der Waals surface area (Å²) < 4.78 is 7.26. The van der Waals surface area contributed by atoms with Gasteiger partial charge in [-0.3, -0.25) is 0 Å². The molecule has 3 atom stereocenters. The van der Waals surface area contributed by atoms with Gasteiger partial charge in [0.25, 0.3) is 0 Å². The molecular weight excluding hydrogens is 374 g/mol. The van der Waals surface area contributed by atoms with E-state index in [-0.39, 0.29) is 6.10 Å². The number of hydrogen-bond acceptors (Lipinski definition) is 3. The van der Waals surface area contributed by atoms with Gasteiger partial charge in [-0.15, -0.1) is 0 Å². The second kappa shape index (κ2) is 8.52. The third-order valence-corrected chi connectivity index (χ3v) is 7.57. The third-order valence-electron chi connectivity index (χ3n) is 7.57. The summed E-state index contributed by atoms with van der Waals surface area (Å²) in [4.78, 5) is 13.5. The van der Waals surface area contributed by atoms with Crippen LogP contribution in [-0.2, 0) is 15.1 Å². The summed E-state index contributed by atoms with van der Waals surface area (Å²) in [6.07, 6.45) is 5.29. The van der Waals surface area contributed by atoms with E-state index >= 15 is 0 Å². The first-order chi connectivity index (χ1) is 14.5. The Morgan fingerprint density at radius 1 is 1.00 bits per heavy atom. The number of rotatable bonds is 5. The smallest absolute Gasteiger partial charge is 0.347 e. The van der Waals surface area contributed by atoms with Crippen molar-refractivity contribution >= 4 is 5.97 Å². The normalized spacial score (nSPS) is 25.9. The van der Waals surface area contributed by atoms with Crippen molar-refractivity contribution in [2.45, 2.75) is 69.7 Å². The van der Waals surface area contributed by atoms with E-state index in [1.165, 1.54) is 30.4 Å². The average molecular weight is 409 g/mol. The van der Waals surface area contributed by atoms with Crippen molar-refractivity contribution in [2.75, 3.05) is 13.1 Å². The molecule has 2 aliphatic rings. The van der Waals surface area contributed by atoms with Crippen LogP contribution in [0.5, 0.6) is 0 Å². The number of esters is 1. The van der Waals surface area contributed by atoms with Crippen LogP contribution in [0, 0.1) is 0 Å². The van der Waals surface area contributed by atoms with Crippen molar-refractivity contribution in [3.8, 4) is 0 Å². The zero-order valence-electron chi connectivity index (χ0n) is 18.2. The lowest BCUT2D eigenvalue weighted by Crippen LogP contribution is -2.63. The van der Waals surface area contributed by atoms with E-state index in [1.807, 2.05) is 36.4 Å². The molecule has 0 aromatic heterocycles. The van der Waals surface area contributed by atoms with Crippen LogP contribution >= 0.6 is 0 Å². The minimum Gasteiger partial charge on any atom is -0.459 e. The molecule has 2 heterocycles. The summed E-state index contributed by atoms with van der Waals surface area (Å²) in [5.74, 6) is -0.568. The van der Waals surface area contributed by atoms with E-state index in [0.29, 0.717) is 23.2 Å². The van der Waals surface area contributed by atoms with Crippen LogP contribution < -0.4 is 0 Å². The summed E-state index contributed by atoms with van der Waals surface area (Å²) in [5.41, 5.74) is -0.717. The lowest BCUT2D eigenvalue weighted by atomic mass is 9.85. The van der Waals surface area contributed by atoms with Crippen LogP contribution in [0.1, 0.15) is 57.1 Å². The molecule has 1 spiro atoms. The first-order valence-electron chi connectivity index (χ1n) is 11.4. The van der Waals surface area contributed by atoms with Gasteiger partial charge in [-0.2, -0.15) is 0 Å². The number of nitrogens with zero attached hydrogens (tertiary/aromatic N) is 1. The van der Waals surface area contributed by atoms with Gasteiger partial charge in [-0.1, -0.05) is 67.6 Å². The van der Waals surface area contributed by atoms with Gasteiger partial charge in [0.05, 0.1) is 25.2 Å². The van der Waals surface area contributed by atoms with Crippen molar-refractivity contribution in [3.05, 3.63) is 71.8 Å². The van der Waals surface area contributed by atoms with E-state index in [4.69, 9.17) is 4.74 Å². The number of hydrogen-bond donors (Lipinski definition) is 1. The van der Waals surface area contributed by atoms with Crippen molar-refractivity contribution in [2.24, 2.45) is 0 Å². The highest BCUT2D eigenvalue weighted by Crippen LogP contribution is 2.40. The Kier molecular flexibility index (Phi) is 5.99. The van der Waals surface area contributed by atoms with Crippen LogP contribution in [0.2, 0.25) is 0 Å². The Morgan fingerprint density at radius 2 is 1.53 bits per heavy atom. The largest absolute Gasteiger partial charge is 0.459 e. The molecule has 2 aromatic carbocycles. The maximum Gasteiger partial charge on any atom is 0.347 e. The predicted octanol–water partition coefficient (Wildman–Crippen LogP) is 4.41. The SMILES string of the molecule is CCC1CC(OC(=O)C(O)(c2ccccc2)c2ccccc2)CC(C)[N+]12CCCC2. The summed E-state index contributed by atoms with van der Waals surface area (Å²) in [7, 11) is 0. The van der Waals surface area contributed by atoms with E-state index in [1.54, 1.807) is 24.3 Å². The fourth-order valence-corrected chi connectivity index (χ4v) is 5.91. The van der Waals surface area contributed by atoms with Crippen molar-refractivity contribution in [1.82, 2.24) is 0 Å². The number of quaternary nitrogens is 1. The van der Waals surface area contributed by atoms with E-state index in [0.717, 1.165) is 19.3 Å². The standard InChI is InChI=1S/C26H34NO3/c1-3-23-19-24(18-20(2)27(23)16-10-11-17-27)30-25(28)26(29,21-12-6-4-7-13-21)22-14-8-5-9-15-22/h4-9,12-15,20,23-24,29H,3,10-11,16-19H2,1-2H3/q+1. The molecule has 2 saturated heterocycles. The lowest BCUT2D eigenvalue weighted by molar-refractivity contribution is -0.967. The molecule has 0 amide bonds. The number of ether oxygens (including phenoxy) is 1. The first kappa shape index (κ1) is 21.1. The number of aliphatic hydroxyl groups is 1. The second-order valence-electron chi connectivity index (χ2n) is 9.11. The molecule has 2 aliphatic heterocycles. The zero-order valence-corrected chi connectivity index (χ0v) is 18.2. The third kappa shape index (κ3) is 3.57. The molecule has 3 unspecified atom stereocenters. The summed E-state index contributed by atoms with van der Waals surface area (Å²) in [5, 5.41) is 11.7. The molecule has 4 nitrogen and oxygen atoms in total. The molecular formula is C26H34NO3+. The predicted molar refractivity (Wildman–Crippen MR) is 118 cm³/mol. The van der Waals surface area contributed by atoms with Crippen LogP contribution in [0.25, 0.3) is 0 Å². The quantitative estimate of drug-likeness (QED) is 0.589. The minimum atomic E-state index is -1.80. The van der Waals surface area contributed by atoms with Gasteiger partial charge >= 0.3 is 5.97 Å². The topological polar surface area (TPSA) is 46.5 Å². The van der Waals surface area contributed by atoms with Crippen LogP contribution in [0.3, 0.4) is 0 Å². The minimum absolute atomic E-state index is 0.152. The molecule has 160 valence electrons. The van der Waals surface area contributed by atoms with Gasteiger partial charge in [-0.05, 0) is 24.5 Å². The summed E-state index contributed by atoms with van der Waals surface area (Å²) in [6.45, 7) is 7.06. The van der Waals surface area contributed by atoms with Gasteiger partial charge in [-0.25, -0.2) is 4.79 Å². The number of carbonyl (C=O) groups excluding carboxylic acids is 1. The highest BCUT2D eigenvalue weighted by Gasteiger charge is 2.50. The Labute approximate surface area is 180 Å². The van der Waals surface area contributed by atoms with Gasteiger partial charge in [0.1, 0.15) is 6.10 Å². The molecule has 0 bridgehead atoms. The molecule has 0 radical (unpaired) electrons. The number of carbonyl (C=O) groups is 1. The second-order valence-corrected chi connectivity index (χ2v) is 9.11. The maximum absolute atomic E-state index is 13.5. The number of piperidine rings is 1. The Morgan fingerprint density at radius 3 is 2.03 bits per heavy atom. The molecule has 4 heteroatoms. The van der Waals surface area contributed by atoms with Crippen LogP contribution in [0.15, 0.2) is 60.7 Å². The molecule has 1 N–H and O–H groups in total. The number of benzene rings is 2. The highest BCUT2D eigenvalue weighted by atomic mass is 16.6. The van der Waals surface area contributed by atoms with E-state index in [2.05, 4.69) is 13.8 Å². The van der Waals surface area contributed by atoms with E-state index in [9.17, 15) is 9.90 Å². The van der Waals surface area contributed by atoms with Gasteiger partial charge in [0.2, 0.25) is 5.60 Å². The Balaban J connectivity index is 1.59.